The number of ether oxygens (including phenoxy) is 2. The minimum Gasteiger partial charge on any atom is -0.493 e. The van der Waals surface area contributed by atoms with Gasteiger partial charge in [-0.3, -0.25) is 0 Å². The predicted octanol–water partition coefficient (Wildman–Crippen LogP) is 3.66. The van der Waals surface area contributed by atoms with Crippen LogP contribution in [0.2, 0.25) is 0 Å². The van der Waals surface area contributed by atoms with E-state index in [2.05, 4.69) is 6.58 Å². The van der Waals surface area contributed by atoms with Crippen molar-refractivity contribution in [3.63, 3.8) is 0 Å². The van der Waals surface area contributed by atoms with E-state index in [0.29, 0.717) is 6.10 Å². The average Bonchev–Trinajstić information content (AvgIpc) is 2.82. The Bertz CT molecular complexity index is 365. The fourth-order valence-corrected chi connectivity index (χ4v) is 2.10. The zero-order valence-electron chi connectivity index (χ0n) is 9.74. The topological polar surface area (TPSA) is 18.5 Å². The molecule has 0 aromatic heterocycles. The second kappa shape index (κ2) is 5.06. The summed E-state index contributed by atoms with van der Waals surface area (Å²) in [7, 11) is 1.67. The summed E-state index contributed by atoms with van der Waals surface area (Å²) in [6.45, 7) is 3.76. The first-order chi connectivity index (χ1) is 7.83. The molecular weight excluding hydrogens is 200 g/mol. The molecule has 0 aliphatic heterocycles. The fraction of sp³-hybridized carbons (Fsp3) is 0.429. The van der Waals surface area contributed by atoms with Crippen LogP contribution in [0.1, 0.15) is 31.2 Å². The second-order valence-corrected chi connectivity index (χ2v) is 4.14. The molecule has 0 spiro atoms. The third kappa shape index (κ3) is 2.38. The van der Waals surface area contributed by atoms with Gasteiger partial charge in [0, 0.05) is 0 Å². The Hall–Kier alpha value is -1.44. The molecule has 0 heterocycles. The van der Waals surface area contributed by atoms with Crippen molar-refractivity contribution in [3.8, 4) is 11.5 Å². The molecule has 86 valence electrons. The number of methoxy groups -OCH3 is 1. The minimum atomic E-state index is 0.356. The number of hydrogen-bond donors (Lipinski definition) is 0. The largest absolute Gasteiger partial charge is 0.493 e. The molecule has 16 heavy (non-hydrogen) atoms. The molecule has 0 unspecified atom stereocenters. The van der Waals surface area contributed by atoms with Crippen LogP contribution in [0.15, 0.2) is 24.8 Å². The van der Waals surface area contributed by atoms with Gasteiger partial charge in [0.25, 0.3) is 0 Å². The lowest BCUT2D eigenvalue weighted by Crippen LogP contribution is -2.11. The number of hydrogen-bond acceptors (Lipinski definition) is 2. The quantitative estimate of drug-likeness (QED) is 0.767. The van der Waals surface area contributed by atoms with Crippen LogP contribution in [-0.2, 0) is 0 Å². The molecule has 0 atom stereocenters. The molecule has 0 amide bonds. The molecule has 1 saturated carbocycles. The first-order valence-electron chi connectivity index (χ1n) is 5.80. The van der Waals surface area contributed by atoms with Gasteiger partial charge in [0.2, 0.25) is 0 Å². The van der Waals surface area contributed by atoms with Crippen LogP contribution in [0.25, 0.3) is 6.08 Å². The summed E-state index contributed by atoms with van der Waals surface area (Å²) in [5.74, 6) is 1.64. The van der Waals surface area contributed by atoms with E-state index in [0.717, 1.165) is 29.9 Å². The maximum Gasteiger partial charge on any atom is 0.162 e. The van der Waals surface area contributed by atoms with Crippen LogP contribution in [0.3, 0.4) is 0 Å². The van der Waals surface area contributed by atoms with Crippen molar-refractivity contribution in [2.24, 2.45) is 0 Å². The predicted molar refractivity (Wildman–Crippen MR) is 66.0 cm³/mol. The fourth-order valence-electron chi connectivity index (χ4n) is 2.10. The van der Waals surface area contributed by atoms with Crippen LogP contribution in [-0.4, -0.2) is 13.2 Å². The molecule has 0 N–H and O–H groups in total. The average molecular weight is 218 g/mol. The molecule has 2 heteroatoms. The Kier molecular flexibility index (Phi) is 3.50. The molecular formula is C14H18O2. The minimum absolute atomic E-state index is 0.356. The lowest BCUT2D eigenvalue weighted by atomic mass is 10.2. The van der Waals surface area contributed by atoms with Gasteiger partial charge in [0.05, 0.1) is 13.2 Å². The molecule has 1 fully saturated rings. The Morgan fingerprint density at radius 1 is 1.25 bits per heavy atom. The lowest BCUT2D eigenvalue weighted by molar-refractivity contribution is 0.201. The summed E-state index contributed by atoms with van der Waals surface area (Å²) >= 11 is 0. The van der Waals surface area contributed by atoms with Crippen LogP contribution in [0.4, 0.5) is 0 Å². The standard InChI is InChI=1S/C14H18O2/c1-3-11-8-9-13(15-2)14(10-11)16-12-6-4-5-7-12/h3,8-10,12H,1,4-7H2,2H3. The van der Waals surface area contributed by atoms with Gasteiger partial charge < -0.3 is 9.47 Å². The zero-order chi connectivity index (χ0) is 11.4. The molecule has 2 rings (SSSR count). The molecule has 0 bridgehead atoms. The van der Waals surface area contributed by atoms with Crippen LogP contribution < -0.4 is 9.47 Å². The second-order valence-electron chi connectivity index (χ2n) is 4.14. The van der Waals surface area contributed by atoms with Gasteiger partial charge in [0.1, 0.15) is 0 Å². The van der Waals surface area contributed by atoms with E-state index in [9.17, 15) is 0 Å². The van der Waals surface area contributed by atoms with E-state index >= 15 is 0 Å². The highest BCUT2D eigenvalue weighted by molar-refractivity contribution is 5.54. The van der Waals surface area contributed by atoms with Gasteiger partial charge in [0.15, 0.2) is 11.5 Å². The van der Waals surface area contributed by atoms with Crippen LogP contribution >= 0.6 is 0 Å². The van der Waals surface area contributed by atoms with Gasteiger partial charge in [-0.1, -0.05) is 18.7 Å². The maximum atomic E-state index is 5.97. The zero-order valence-corrected chi connectivity index (χ0v) is 9.74. The summed E-state index contributed by atoms with van der Waals surface area (Å²) in [6.07, 6.45) is 7.03. The summed E-state index contributed by atoms with van der Waals surface area (Å²) in [5.41, 5.74) is 1.06. The third-order valence-corrected chi connectivity index (χ3v) is 3.02. The number of rotatable bonds is 4. The highest BCUT2D eigenvalue weighted by Crippen LogP contribution is 2.32. The molecule has 1 aliphatic rings. The van der Waals surface area contributed by atoms with Crippen LogP contribution in [0, 0.1) is 0 Å². The molecule has 1 aliphatic carbocycles. The van der Waals surface area contributed by atoms with E-state index in [-0.39, 0.29) is 0 Å². The van der Waals surface area contributed by atoms with Crippen molar-refractivity contribution >= 4 is 6.08 Å². The van der Waals surface area contributed by atoms with Crippen molar-refractivity contribution in [1.82, 2.24) is 0 Å². The van der Waals surface area contributed by atoms with E-state index in [1.54, 1.807) is 7.11 Å². The van der Waals surface area contributed by atoms with Crippen molar-refractivity contribution in [3.05, 3.63) is 30.3 Å². The summed E-state index contributed by atoms with van der Waals surface area (Å²) in [5, 5.41) is 0. The smallest absolute Gasteiger partial charge is 0.162 e. The van der Waals surface area contributed by atoms with Gasteiger partial charge in [-0.05, 0) is 43.4 Å². The first kappa shape index (κ1) is 11.1. The van der Waals surface area contributed by atoms with Crippen molar-refractivity contribution in [2.75, 3.05) is 7.11 Å². The summed E-state index contributed by atoms with van der Waals surface area (Å²) in [6, 6.07) is 5.90. The van der Waals surface area contributed by atoms with Gasteiger partial charge in [-0.15, -0.1) is 0 Å². The lowest BCUT2D eigenvalue weighted by Gasteiger charge is -2.16. The summed E-state index contributed by atoms with van der Waals surface area (Å²) in [4.78, 5) is 0. The Balaban J connectivity index is 2.18. The van der Waals surface area contributed by atoms with Gasteiger partial charge in [-0.2, -0.15) is 0 Å². The van der Waals surface area contributed by atoms with Crippen molar-refractivity contribution in [1.29, 1.82) is 0 Å². The molecule has 1 aromatic carbocycles. The highest BCUT2D eigenvalue weighted by atomic mass is 16.5. The van der Waals surface area contributed by atoms with Gasteiger partial charge >= 0.3 is 0 Å². The SMILES string of the molecule is C=Cc1ccc(OC)c(OC2CCCC2)c1. The highest BCUT2D eigenvalue weighted by Gasteiger charge is 2.18. The molecule has 0 radical (unpaired) electrons. The first-order valence-corrected chi connectivity index (χ1v) is 5.80. The van der Waals surface area contributed by atoms with E-state index in [4.69, 9.17) is 9.47 Å². The Morgan fingerprint density at radius 2 is 2.00 bits per heavy atom. The van der Waals surface area contributed by atoms with Crippen molar-refractivity contribution < 1.29 is 9.47 Å². The monoisotopic (exact) mass is 218 g/mol. The van der Waals surface area contributed by atoms with E-state index in [1.165, 1.54) is 12.8 Å². The molecule has 0 saturated heterocycles. The van der Waals surface area contributed by atoms with E-state index < -0.39 is 0 Å². The maximum absolute atomic E-state index is 5.97. The molecule has 1 aromatic rings. The van der Waals surface area contributed by atoms with Crippen molar-refractivity contribution in [2.45, 2.75) is 31.8 Å². The number of benzene rings is 1. The Morgan fingerprint density at radius 3 is 2.62 bits per heavy atom. The normalized spacial score (nSPS) is 16.1. The third-order valence-electron chi connectivity index (χ3n) is 3.02. The van der Waals surface area contributed by atoms with Gasteiger partial charge in [-0.25, -0.2) is 0 Å². The summed E-state index contributed by atoms with van der Waals surface area (Å²) < 4.78 is 11.3. The van der Waals surface area contributed by atoms with Crippen LogP contribution in [0.5, 0.6) is 11.5 Å². The molecule has 2 nitrogen and oxygen atoms in total. The Labute approximate surface area is 96.9 Å². The van der Waals surface area contributed by atoms with E-state index in [1.807, 2.05) is 24.3 Å².